The highest BCUT2D eigenvalue weighted by atomic mass is 35.5. The normalized spacial score (nSPS) is 23.4. The molecule has 2 atom stereocenters. The summed E-state index contributed by atoms with van der Waals surface area (Å²) >= 11 is 12.0. The van der Waals surface area contributed by atoms with Crippen LogP contribution in [0, 0.1) is 5.92 Å². The zero-order chi connectivity index (χ0) is 14.2. The number of rotatable bonds is 2. The van der Waals surface area contributed by atoms with E-state index < -0.39 is 0 Å². The number of carbonyl (C=O) groups is 1. The van der Waals surface area contributed by atoms with E-state index in [2.05, 4.69) is 11.8 Å². The van der Waals surface area contributed by atoms with Crippen molar-refractivity contribution in [1.29, 1.82) is 0 Å². The van der Waals surface area contributed by atoms with Crippen molar-refractivity contribution in [3.63, 3.8) is 0 Å². The molecule has 1 aliphatic heterocycles. The molecule has 2 unspecified atom stereocenters. The quantitative estimate of drug-likeness (QED) is 0.825. The lowest BCUT2D eigenvalue weighted by Gasteiger charge is -2.39. The molecule has 1 fully saturated rings. The van der Waals surface area contributed by atoms with Gasteiger partial charge >= 0.3 is 0 Å². The fraction of sp³-hybridized carbons (Fsp3) is 0.462. The van der Waals surface area contributed by atoms with Gasteiger partial charge in [0.25, 0.3) is 0 Å². The molecule has 6 heteroatoms. The van der Waals surface area contributed by atoms with Crippen LogP contribution in [0.15, 0.2) is 12.1 Å². The second-order valence-corrected chi connectivity index (χ2v) is 5.82. The van der Waals surface area contributed by atoms with Gasteiger partial charge in [0.15, 0.2) is 0 Å². The Morgan fingerprint density at radius 1 is 1.32 bits per heavy atom. The molecule has 0 bridgehead atoms. The van der Waals surface area contributed by atoms with Gasteiger partial charge in [-0.15, -0.1) is 0 Å². The Morgan fingerprint density at radius 2 is 1.95 bits per heavy atom. The molecular formula is C13H17Cl2N3O. The third-order valence-corrected chi connectivity index (χ3v) is 4.39. The van der Waals surface area contributed by atoms with Gasteiger partial charge in [0, 0.05) is 12.6 Å². The number of amides is 1. The Bertz CT molecular complexity index is 507. The summed E-state index contributed by atoms with van der Waals surface area (Å²) in [6, 6.07) is 3.67. The summed E-state index contributed by atoms with van der Waals surface area (Å²) in [6.45, 7) is 2.66. The molecule has 4 N–H and O–H groups in total. The summed E-state index contributed by atoms with van der Waals surface area (Å²) < 4.78 is 0. The molecule has 0 saturated carbocycles. The molecule has 19 heavy (non-hydrogen) atoms. The zero-order valence-electron chi connectivity index (χ0n) is 10.7. The van der Waals surface area contributed by atoms with Crippen molar-refractivity contribution in [1.82, 2.24) is 0 Å². The van der Waals surface area contributed by atoms with E-state index in [1.807, 2.05) is 0 Å². The molecule has 1 saturated heterocycles. The van der Waals surface area contributed by atoms with Gasteiger partial charge in [-0.1, -0.05) is 23.2 Å². The minimum Gasteiger partial charge on any atom is -0.397 e. The number of halogens is 2. The van der Waals surface area contributed by atoms with Gasteiger partial charge in [-0.05, 0) is 31.9 Å². The third kappa shape index (κ3) is 2.90. The second kappa shape index (κ2) is 5.47. The summed E-state index contributed by atoms with van der Waals surface area (Å²) in [6.07, 6.45) is 1.71. The first-order valence-corrected chi connectivity index (χ1v) is 6.96. The van der Waals surface area contributed by atoms with E-state index in [0.717, 1.165) is 18.5 Å². The molecule has 1 aromatic rings. The smallest absolute Gasteiger partial charge is 0.222 e. The molecule has 1 aliphatic rings. The number of benzene rings is 1. The van der Waals surface area contributed by atoms with E-state index in [9.17, 15) is 4.79 Å². The highest BCUT2D eigenvalue weighted by Crippen LogP contribution is 2.36. The Morgan fingerprint density at radius 3 is 2.58 bits per heavy atom. The fourth-order valence-electron chi connectivity index (χ4n) is 2.48. The molecule has 1 heterocycles. The number of hydrogen-bond donors (Lipinski definition) is 2. The molecule has 1 aromatic carbocycles. The molecule has 1 amide bonds. The molecule has 4 nitrogen and oxygen atoms in total. The number of anilines is 2. The van der Waals surface area contributed by atoms with Gasteiger partial charge in [0.1, 0.15) is 0 Å². The van der Waals surface area contributed by atoms with Crippen LogP contribution in [-0.4, -0.2) is 18.5 Å². The van der Waals surface area contributed by atoms with Gasteiger partial charge in [0.05, 0.1) is 27.3 Å². The highest BCUT2D eigenvalue weighted by Gasteiger charge is 2.29. The van der Waals surface area contributed by atoms with Crippen LogP contribution in [0.5, 0.6) is 0 Å². The Hall–Kier alpha value is -1.13. The minimum atomic E-state index is -0.268. The van der Waals surface area contributed by atoms with E-state index in [1.54, 1.807) is 12.1 Å². The lowest BCUT2D eigenvalue weighted by molar-refractivity contribution is -0.122. The number of nitrogens with two attached hydrogens (primary N) is 2. The number of hydrogen-bond acceptors (Lipinski definition) is 3. The number of nitrogen functional groups attached to an aromatic ring is 1. The van der Waals surface area contributed by atoms with Crippen molar-refractivity contribution in [2.24, 2.45) is 11.7 Å². The highest BCUT2D eigenvalue weighted by molar-refractivity contribution is 6.42. The maximum atomic E-state index is 11.4. The molecule has 0 aliphatic carbocycles. The van der Waals surface area contributed by atoms with Crippen LogP contribution in [0.25, 0.3) is 0 Å². The van der Waals surface area contributed by atoms with Crippen LogP contribution in [0.4, 0.5) is 11.4 Å². The van der Waals surface area contributed by atoms with Crippen LogP contribution >= 0.6 is 23.2 Å². The molecule has 2 rings (SSSR count). The topological polar surface area (TPSA) is 72.4 Å². The zero-order valence-corrected chi connectivity index (χ0v) is 12.2. The van der Waals surface area contributed by atoms with Crippen molar-refractivity contribution < 1.29 is 4.79 Å². The maximum Gasteiger partial charge on any atom is 0.222 e. The third-order valence-electron chi connectivity index (χ3n) is 3.66. The fourth-order valence-corrected chi connectivity index (χ4v) is 2.81. The maximum absolute atomic E-state index is 11.4. The number of piperidine rings is 1. The van der Waals surface area contributed by atoms with E-state index in [-0.39, 0.29) is 17.9 Å². The van der Waals surface area contributed by atoms with Crippen molar-refractivity contribution >= 4 is 40.5 Å². The summed E-state index contributed by atoms with van der Waals surface area (Å²) in [7, 11) is 0. The second-order valence-electron chi connectivity index (χ2n) is 5.00. The first-order valence-electron chi connectivity index (χ1n) is 6.20. The van der Waals surface area contributed by atoms with Crippen molar-refractivity contribution in [2.45, 2.75) is 25.8 Å². The van der Waals surface area contributed by atoms with Crippen molar-refractivity contribution in [3.8, 4) is 0 Å². The van der Waals surface area contributed by atoms with Gasteiger partial charge in [0.2, 0.25) is 5.91 Å². The van der Waals surface area contributed by atoms with E-state index >= 15 is 0 Å². The minimum absolute atomic E-state index is 0.148. The summed E-state index contributed by atoms with van der Waals surface area (Å²) in [5.41, 5.74) is 12.8. The molecule has 0 aromatic heterocycles. The van der Waals surface area contributed by atoms with Gasteiger partial charge in [-0.3, -0.25) is 4.79 Å². The lowest BCUT2D eigenvalue weighted by Crippen LogP contribution is -2.46. The number of nitrogens with zero attached hydrogens (tertiary/aromatic N) is 1. The predicted molar refractivity (Wildman–Crippen MR) is 79.6 cm³/mol. The average Bonchev–Trinajstić information content (AvgIpc) is 2.34. The first kappa shape index (κ1) is 14.3. The average molecular weight is 302 g/mol. The number of primary amides is 1. The summed E-state index contributed by atoms with van der Waals surface area (Å²) in [5, 5.41) is 0.887. The van der Waals surface area contributed by atoms with Gasteiger partial charge in [-0.2, -0.15) is 0 Å². The monoisotopic (exact) mass is 301 g/mol. The van der Waals surface area contributed by atoms with E-state index in [4.69, 9.17) is 34.7 Å². The van der Waals surface area contributed by atoms with Crippen LogP contribution in [0.1, 0.15) is 19.8 Å². The van der Waals surface area contributed by atoms with Gasteiger partial charge < -0.3 is 16.4 Å². The lowest BCUT2D eigenvalue weighted by atomic mass is 9.92. The molecule has 0 radical (unpaired) electrons. The molecule has 0 spiro atoms. The van der Waals surface area contributed by atoms with Crippen LogP contribution < -0.4 is 16.4 Å². The summed E-state index contributed by atoms with van der Waals surface area (Å²) in [4.78, 5) is 13.4. The van der Waals surface area contributed by atoms with Gasteiger partial charge in [-0.25, -0.2) is 0 Å². The van der Waals surface area contributed by atoms with Crippen LogP contribution in [0.3, 0.4) is 0 Å². The van der Waals surface area contributed by atoms with Crippen LogP contribution in [0.2, 0.25) is 10.0 Å². The predicted octanol–water partition coefficient (Wildman–Crippen LogP) is 2.67. The Balaban J connectivity index is 2.33. The standard InChI is InChI=1S/C13H17Cl2N3O/c1-7-2-3-8(13(17)19)6-18(7)12-5-10(15)9(14)4-11(12)16/h4-5,7-8H,2-3,6,16H2,1H3,(H2,17,19). The molecular weight excluding hydrogens is 285 g/mol. The molecule has 104 valence electrons. The van der Waals surface area contributed by atoms with E-state index in [0.29, 0.717) is 22.3 Å². The van der Waals surface area contributed by atoms with Crippen LogP contribution in [-0.2, 0) is 4.79 Å². The summed E-state index contributed by atoms with van der Waals surface area (Å²) in [5.74, 6) is -0.416. The Labute approximate surface area is 122 Å². The van der Waals surface area contributed by atoms with Crippen molar-refractivity contribution in [2.75, 3.05) is 17.2 Å². The van der Waals surface area contributed by atoms with Crippen molar-refractivity contribution in [3.05, 3.63) is 22.2 Å². The largest absolute Gasteiger partial charge is 0.397 e. The number of carbonyl (C=O) groups excluding carboxylic acids is 1. The SMILES string of the molecule is CC1CCC(C(N)=O)CN1c1cc(Cl)c(Cl)cc1N. The first-order chi connectivity index (χ1) is 8.90. The Kier molecular flexibility index (Phi) is 4.11. The van der Waals surface area contributed by atoms with E-state index in [1.165, 1.54) is 0 Å².